The zero-order chi connectivity index (χ0) is 24.1. The molecule has 0 unspecified atom stereocenters. The number of thioether (sulfide) groups is 1. The van der Waals surface area contributed by atoms with Gasteiger partial charge in [-0.2, -0.15) is 5.26 Å². The van der Waals surface area contributed by atoms with E-state index in [-0.39, 0.29) is 42.1 Å². The minimum absolute atomic E-state index is 0.0227. The first kappa shape index (κ1) is 24.9. The third kappa shape index (κ3) is 5.25. The lowest BCUT2D eigenvalue weighted by Crippen LogP contribution is -2.31. The van der Waals surface area contributed by atoms with Crippen LogP contribution in [0.1, 0.15) is 39.2 Å². The molecule has 8 nitrogen and oxygen atoms in total. The highest BCUT2D eigenvalue weighted by molar-refractivity contribution is 8.26. The van der Waals surface area contributed by atoms with Crippen LogP contribution in [0, 0.1) is 18.3 Å². The van der Waals surface area contributed by atoms with E-state index >= 15 is 0 Å². The summed E-state index contributed by atoms with van der Waals surface area (Å²) in [6.07, 6.45) is 2.05. The molecular formula is C22H21N3O5S3. The molecule has 1 fully saturated rings. The first-order chi connectivity index (χ1) is 15.8. The van der Waals surface area contributed by atoms with Crippen LogP contribution in [-0.2, 0) is 16.1 Å². The van der Waals surface area contributed by atoms with Crippen molar-refractivity contribution in [2.75, 3.05) is 20.3 Å². The maximum absolute atomic E-state index is 13.0. The molecule has 1 aliphatic rings. The molecule has 0 spiro atoms. The van der Waals surface area contributed by atoms with Gasteiger partial charge < -0.3 is 9.84 Å². The van der Waals surface area contributed by atoms with Gasteiger partial charge in [0, 0.05) is 38.1 Å². The van der Waals surface area contributed by atoms with E-state index in [0.717, 1.165) is 9.44 Å². The first-order valence-corrected chi connectivity index (χ1v) is 12.1. The molecule has 1 N–H and O–H groups in total. The fraction of sp³-hybridized carbons (Fsp3) is 0.318. The Labute approximate surface area is 204 Å². The lowest BCUT2D eigenvalue weighted by Gasteiger charge is -2.17. The van der Waals surface area contributed by atoms with Gasteiger partial charge in [-0.15, -0.1) is 11.3 Å². The average molecular weight is 504 g/mol. The highest BCUT2D eigenvalue weighted by atomic mass is 32.2. The summed E-state index contributed by atoms with van der Waals surface area (Å²) in [7, 11) is 1.51. The molecule has 2 aromatic heterocycles. The third-order valence-electron chi connectivity index (χ3n) is 5.06. The molecule has 0 aromatic carbocycles. The minimum Gasteiger partial charge on any atom is -0.494 e. The number of carbonyl (C=O) groups excluding carboxylic acids is 2. The van der Waals surface area contributed by atoms with E-state index in [1.165, 1.54) is 42.0 Å². The van der Waals surface area contributed by atoms with E-state index in [0.29, 0.717) is 22.3 Å². The van der Waals surface area contributed by atoms with Gasteiger partial charge in [0.25, 0.3) is 11.5 Å². The molecule has 0 aliphatic carbocycles. The predicted molar refractivity (Wildman–Crippen MR) is 131 cm³/mol. The Morgan fingerprint density at radius 3 is 2.76 bits per heavy atom. The first-order valence-electron chi connectivity index (χ1n) is 9.97. The van der Waals surface area contributed by atoms with Crippen LogP contribution in [0.4, 0.5) is 0 Å². The van der Waals surface area contributed by atoms with Gasteiger partial charge in [-0.25, -0.2) is 0 Å². The number of rotatable bonds is 9. The quantitative estimate of drug-likeness (QED) is 0.240. The largest absolute Gasteiger partial charge is 0.494 e. The maximum atomic E-state index is 13.0. The smallest absolute Gasteiger partial charge is 0.271 e. The number of aromatic hydroxyl groups is 1. The highest BCUT2D eigenvalue weighted by Crippen LogP contribution is 2.33. The second-order valence-corrected chi connectivity index (χ2v) is 9.79. The molecular weight excluding hydrogens is 482 g/mol. The molecule has 1 saturated heterocycles. The van der Waals surface area contributed by atoms with Gasteiger partial charge in [0.15, 0.2) is 5.78 Å². The van der Waals surface area contributed by atoms with Crippen LogP contribution in [0.5, 0.6) is 5.88 Å². The monoisotopic (exact) mass is 503 g/mol. The number of nitrogens with zero attached hydrogens (tertiary/aromatic N) is 3. The number of thiocarbonyl (C=S) groups is 1. The number of Topliss-reactive ketones (excluding diaryl/α,β-unsaturated/α-hetero) is 1. The van der Waals surface area contributed by atoms with E-state index in [2.05, 4.69) is 0 Å². The van der Waals surface area contributed by atoms with Crippen molar-refractivity contribution in [1.82, 2.24) is 9.47 Å². The number of hydrogen-bond acceptors (Lipinski definition) is 9. The Morgan fingerprint density at radius 1 is 1.36 bits per heavy atom. The van der Waals surface area contributed by atoms with Gasteiger partial charge in [-0.1, -0.05) is 30.0 Å². The van der Waals surface area contributed by atoms with Crippen molar-refractivity contribution < 1.29 is 19.4 Å². The van der Waals surface area contributed by atoms with Crippen molar-refractivity contribution in [1.29, 1.82) is 5.26 Å². The molecule has 3 heterocycles. The van der Waals surface area contributed by atoms with Crippen LogP contribution in [-0.4, -0.2) is 50.8 Å². The number of nitriles is 1. The van der Waals surface area contributed by atoms with Gasteiger partial charge >= 0.3 is 0 Å². The normalized spacial score (nSPS) is 14.8. The third-order valence-corrected chi connectivity index (χ3v) is 7.26. The fourth-order valence-corrected chi connectivity index (χ4v) is 5.42. The molecule has 3 rings (SSSR count). The lowest BCUT2D eigenvalue weighted by atomic mass is 10.00. The number of carbonyl (C=O) groups is 2. The number of ketones is 1. The molecule has 172 valence electrons. The second kappa shape index (κ2) is 10.9. The number of ether oxygens (including phenoxy) is 1. The van der Waals surface area contributed by atoms with Crippen LogP contribution in [0.3, 0.4) is 0 Å². The summed E-state index contributed by atoms with van der Waals surface area (Å²) >= 11 is 7.99. The maximum Gasteiger partial charge on any atom is 0.271 e. The van der Waals surface area contributed by atoms with Crippen LogP contribution in [0.25, 0.3) is 6.08 Å². The Balaban J connectivity index is 1.82. The highest BCUT2D eigenvalue weighted by Gasteiger charge is 2.33. The number of methoxy groups -OCH3 is 1. The van der Waals surface area contributed by atoms with Crippen molar-refractivity contribution in [3.05, 3.63) is 54.3 Å². The van der Waals surface area contributed by atoms with Crippen molar-refractivity contribution in [3.63, 3.8) is 0 Å². The SMILES string of the molecule is COCCCn1c(O)c(C(=O)CCN2C(=O)/C(=C/c3cccs3)SC2=S)c(C)c(C#N)c1=O. The van der Waals surface area contributed by atoms with E-state index in [9.17, 15) is 24.8 Å². The molecule has 2 aromatic rings. The fourth-order valence-electron chi connectivity index (χ4n) is 3.39. The summed E-state index contributed by atoms with van der Waals surface area (Å²) in [5.41, 5.74) is -0.826. The van der Waals surface area contributed by atoms with Crippen LogP contribution >= 0.6 is 35.3 Å². The Kier molecular flexibility index (Phi) is 8.20. The second-order valence-electron chi connectivity index (χ2n) is 7.14. The molecule has 11 heteroatoms. The van der Waals surface area contributed by atoms with E-state index in [4.69, 9.17) is 17.0 Å². The summed E-state index contributed by atoms with van der Waals surface area (Å²) in [5.74, 6) is -1.26. The van der Waals surface area contributed by atoms with Crippen molar-refractivity contribution in [2.24, 2.45) is 0 Å². The number of thiophene rings is 1. The van der Waals surface area contributed by atoms with Crippen molar-refractivity contribution in [2.45, 2.75) is 26.3 Å². The predicted octanol–water partition coefficient (Wildman–Crippen LogP) is 3.31. The summed E-state index contributed by atoms with van der Waals surface area (Å²) in [6.45, 7) is 1.92. The van der Waals surface area contributed by atoms with Gasteiger partial charge in [-0.05, 0) is 36.4 Å². The number of hydrogen-bond donors (Lipinski definition) is 1. The molecule has 0 atom stereocenters. The van der Waals surface area contributed by atoms with Crippen LogP contribution < -0.4 is 5.56 Å². The molecule has 0 radical (unpaired) electrons. The average Bonchev–Trinajstić information content (AvgIpc) is 3.38. The van der Waals surface area contributed by atoms with Gasteiger partial charge in [0.1, 0.15) is 16.0 Å². The summed E-state index contributed by atoms with van der Waals surface area (Å²) < 4.78 is 6.34. The van der Waals surface area contributed by atoms with Gasteiger partial charge in [0.05, 0.1) is 10.5 Å². The van der Waals surface area contributed by atoms with Crippen molar-refractivity contribution >= 4 is 57.4 Å². The topological polar surface area (TPSA) is 113 Å². The standard InChI is InChI=1S/C22H21N3O5S3/c1-13-15(12-23)19(27)24(7-4-9-30-2)21(29)18(13)16(26)6-8-25-20(28)17(33-22(25)31)11-14-5-3-10-32-14/h3,5,10-11,29H,4,6-9H2,1-2H3/b17-11-. The molecule has 1 aliphatic heterocycles. The number of aromatic nitrogens is 1. The summed E-state index contributed by atoms with van der Waals surface area (Å²) in [4.78, 5) is 41.1. The van der Waals surface area contributed by atoms with E-state index in [1.807, 2.05) is 23.6 Å². The van der Waals surface area contributed by atoms with Crippen LogP contribution in [0.2, 0.25) is 0 Å². The Hall–Kier alpha value is -2.78. The zero-order valence-corrected chi connectivity index (χ0v) is 20.4. The number of pyridine rings is 1. The van der Waals surface area contributed by atoms with E-state index in [1.54, 1.807) is 6.08 Å². The van der Waals surface area contributed by atoms with Crippen LogP contribution in [0.15, 0.2) is 27.2 Å². The molecule has 1 amide bonds. The summed E-state index contributed by atoms with van der Waals surface area (Å²) in [5, 5.41) is 22.0. The van der Waals surface area contributed by atoms with E-state index < -0.39 is 17.2 Å². The number of amides is 1. The molecule has 0 bridgehead atoms. The van der Waals surface area contributed by atoms with Gasteiger partial charge in [0.2, 0.25) is 5.88 Å². The Bertz CT molecular complexity index is 1230. The lowest BCUT2D eigenvalue weighted by molar-refractivity contribution is -0.122. The van der Waals surface area contributed by atoms with Crippen molar-refractivity contribution in [3.8, 4) is 11.9 Å². The minimum atomic E-state index is -0.657. The summed E-state index contributed by atoms with van der Waals surface area (Å²) in [6, 6.07) is 5.61. The zero-order valence-electron chi connectivity index (χ0n) is 18.0. The molecule has 0 saturated carbocycles. The molecule has 33 heavy (non-hydrogen) atoms. The Morgan fingerprint density at radius 2 is 2.12 bits per heavy atom. The van der Waals surface area contributed by atoms with Gasteiger partial charge in [-0.3, -0.25) is 23.9 Å².